The Kier molecular flexibility index (Phi) is 3.85. The van der Waals surface area contributed by atoms with Crippen LogP contribution < -0.4 is 5.32 Å². The Balaban J connectivity index is 2.26. The molecule has 2 rings (SSSR count). The van der Waals surface area contributed by atoms with Crippen molar-refractivity contribution in [2.75, 3.05) is 18.9 Å². The van der Waals surface area contributed by atoms with E-state index in [1.54, 1.807) is 11.9 Å². The lowest BCUT2D eigenvalue weighted by atomic mass is 9.98. The lowest BCUT2D eigenvalue weighted by molar-refractivity contribution is -0.127. The number of rotatable bonds is 2. The quantitative estimate of drug-likeness (QED) is 0.814. The minimum absolute atomic E-state index is 0.0662. The molecule has 1 aromatic carbocycles. The maximum atomic E-state index is 12.1. The molecule has 19 heavy (non-hydrogen) atoms. The maximum absolute atomic E-state index is 12.1. The van der Waals surface area contributed by atoms with Gasteiger partial charge >= 0.3 is 0 Å². The first-order valence-electron chi connectivity index (χ1n) is 6.05. The lowest BCUT2D eigenvalue weighted by Gasteiger charge is -2.29. The second kappa shape index (κ2) is 5.40. The van der Waals surface area contributed by atoms with Crippen LogP contribution in [0.1, 0.15) is 6.92 Å². The molecule has 1 amide bonds. The van der Waals surface area contributed by atoms with Crippen molar-refractivity contribution in [1.82, 2.24) is 4.90 Å². The molecule has 0 spiro atoms. The fourth-order valence-corrected chi connectivity index (χ4v) is 2.37. The molecule has 5 heteroatoms. The van der Waals surface area contributed by atoms with Crippen molar-refractivity contribution in [1.29, 1.82) is 0 Å². The third-order valence-electron chi connectivity index (χ3n) is 3.09. The molecule has 1 aliphatic heterocycles. The van der Waals surface area contributed by atoms with Gasteiger partial charge in [-0.25, -0.2) is 0 Å². The zero-order valence-electron chi connectivity index (χ0n) is 10.9. The van der Waals surface area contributed by atoms with Gasteiger partial charge in [-0.1, -0.05) is 37.3 Å². The zero-order chi connectivity index (χ0) is 14.0. The molecule has 1 unspecified atom stereocenters. The van der Waals surface area contributed by atoms with Crippen LogP contribution in [0.3, 0.4) is 0 Å². The number of carbonyl (C=O) groups is 1. The summed E-state index contributed by atoms with van der Waals surface area (Å²) >= 11 is 5.24. The summed E-state index contributed by atoms with van der Waals surface area (Å²) in [7, 11) is 1.70. The summed E-state index contributed by atoms with van der Waals surface area (Å²) in [5.41, 5.74) is 0.988. The molecule has 0 radical (unpaired) electrons. The predicted molar refractivity (Wildman–Crippen MR) is 79.1 cm³/mol. The van der Waals surface area contributed by atoms with E-state index >= 15 is 0 Å². The van der Waals surface area contributed by atoms with E-state index in [0.29, 0.717) is 6.54 Å². The third-order valence-corrected chi connectivity index (χ3v) is 3.40. The lowest BCUT2D eigenvalue weighted by Crippen LogP contribution is -2.41. The Hall–Kier alpha value is -1.88. The topological polar surface area (TPSA) is 52.6 Å². The number of thiocarbonyl (C=S) groups is 1. The first-order valence-corrected chi connectivity index (χ1v) is 6.46. The molecule has 0 bridgehead atoms. The van der Waals surface area contributed by atoms with Crippen molar-refractivity contribution < 1.29 is 9.90 Å². The van der Waals surface area contributed by atoms with E-state index in [1.165, 1.54) is 0 Å². The Morgan fingerprint density at radius 1 is 1.42 bits per heavy atom. The number of nitrogens with zero attached hydrogens (tertiary/aromatic N) is 1. The van der Waals surface area contributed by atoms with E-state index < -0.39 is 0 Å². The number of amides is 1. The molecule has 1 aliphatic rings. The normalized spacial score (nSPS) is 19.6. The molecule has 0 saturated heterocycles. The van der Waals surface area contributed by atoms with Gasteiger partial charge in [0.15, 0.2) is 0 Å². The molecule has 1 heterocycles. The predicted octanol–water partition coefficient (Wildman–Crippen LogP) is 2.35. The smallest absolute Gasteiger partial charge is 0.260 e. The Morgan fingerprint density at radius 2 is 2.05 bits per heavy atom. The zero-order valence-corrected chi connectivity index (χ0v) is 11.7. The second-order valence-electron chi connectivity index (χ2n) is 4.67. The third kappa shape index (κ3) is 2.76. The largest absolute Gasteiger partial charge is 0.511 e. The van der Waals surface area contributed by atoms with Gasteiger partial charge in [0, 0.05) is 25.2 Å². The van der Waals surface area contributed by atoms with Crippen molar-refractivity contribution >= 4 is 28.8 Å². The van der Waals surface area contributed by atoms with Gasteiger partial charge in [0.1, 0.15) is 16.3 Å². The van der Waals surface area contributed by atoms with E-state index in [0.717, 1.165) is 5.69 Å². The van der Waals surface area contributed by atoms with Gasteiger partial charge in [0.2, 0.25) is 0 Å². The van der Waals surface area contributed by atoms with Gasteiger partial charge < -0.3 is 15.3 Å². The van der Waals surface area contributed by atoms with E-state index in [9.17, 15) is 9.90 Å². The van der Waals surface area contributed by atoms with Crippen LogP contribution in [-0.2, 0) is 4.79 Å². The van der Waals surface area contributed by atoms with Crippen LogP contribution >= 0.6 is 12.2 Å². The summed E-state index contributed by atoms with van der Waals surface area (Å²) in [6.07, 6.45) is 0. The van der Waals surface area contributed by atoms with Crippen molar-refractivity contribution in [3.63, 3.8) is 0 Å². The van der Waals surface area contributed by atoms with E-state index in [-0.39, 0.29) is 28.1 Å². The molecule has 4 nitrogen and oxygen atoms in total. The van der Waals surface area contributed by atoms with Gasteiger partial charge in [-0.05, 0) is 12.1 Å². The number of likely N-dealkylation sites (N-methyl/N-ethyl adjacent to an activating group) is 1. The first kappa shape index (κ1) is 13.5. The first-order chi connectivity index (χ1) is 9.00. The van der Waals surface area contributed by atoms with Crippen molar-refractivity contribution in [2.45, 2.75) is 6.92 Å². The average molecular weight is 276 g/mol. The minimum atomic E-state index is -0.246. The highest BCUT2D eigenvalue weighted by atomic mass is 32.1. The fourth-order valence-electron chi connectivity index (χ4n) is 2.06. The number of para-hydroxylation sites is 1. The summed E-state index contributed by atoms with van der Waals surface area (Å²) in [6, 6.07) is 9.34. The number of aliphatic hydroxyl groups is 1. The summed E-state index contributed by atoms with van der Waals surface area (Å²) in [5.74, 6) is -0.284. The van der Waals surface area contributed by atoms with E-state index in [1.807, 2.05) is 37.3 Å². The summed E-state index contributed by atoms with van der Waals surface area (Å²) in [4.78, 5) is 13.9. The van der Waals surface area contributed by atoms with Crippen LogP contribution in [0.2, 0.25) is 0 Å². The van der Waals surface area contributed by atoms with Crippen LogP contribution in [0.4, 0.5) is 5.69 Å². The number of hydrogen-bond acceptors (Lipinski definition) is 3. The van der Waals surface area contributed by atoms with Crippen molar-refractivity contribution in [3.8, 4) is 0 Å². The average Bonchev–Trinajstić information content (AvgIpc) is 2.38. The number of carbonyl (C=O) groups excluding carboxylic acids is 1. The van der Waals surface area contributed by atoms with Gasteiger partial charge in [-0.3, -0.25) is 4.79 Å². The molecule has 1 aromatic rings. The van der Waals surface area contributed by atoms with E-state index in [2.05, 4.69) is 5.32 Å². The Morgan fingerprint density at radius 3 is 2.68 bits per heavy atom. The number of anilines is 1. The van der Waals surface area contributed by atoms with Crippen LogP contribution in [0.15, 0.2) is 41.7 Å². The van der Waals surface area contributed by atoms with Crippen LogP contribution in [0, 0.1) is 5.92 Å². The minimum Gasteiger partial charge on any atom is -0.511 e. The monoisotopic (exact) mass is 276 g/mol. The number of benzene rings is 1. The maximum Gasteiger partial charge on any atom is 0.260 e. The molecule has 1 atom stereocenters. The molecule has 0 aliphatic carbocycles. The molecule has 2 N–H and O–H groups in total. The highest BCUT2D eigenvalue weighted by Crippen LogP contribution is 2.23. The molecule has 0 fully saturated rings. The van der Waals surface area contributed by atoms with Crippen LogP contribution in [-0.4, -0.2) is 34.5 Å². The van der Waals surface area contributed by atoms with Crippen molar-refractivity contribution in [3.05, 3.63) is 41.7 Å². The molecular formula is C14H16N2O2S. The number of aliphatic hydroxyl groups excluding tert-OH is 1. The summed E-state index contributed by atoms with van der Waals surface area (Å²) in [6.45, 7) is 2.37. The van der Waals surface area contributed by atoms with E-state index in [4.69, 9.17) is 12.2 Å². The van der Waals surface area contributed by atoms with Gasteiger partial charge in [-0.2, -0.15) is 0 Å². The molecule has 0 saturated carbocycles. The van der Waals surface area contributed by atoms with Crippen molar-refractivity contribution in [2.24, 2.45) is 5.92 Å². The molecular weight excluding hydrogens is 260 g/mol. The standard InChI is InChI=1S/C14H16N2O2S/c1-9-8-16(2)14(18)11(12(9)17)13(19)15-10-6-4-3-5-7-10/h3-7,9,17H,8H2,1-2H3,(H,15,19). The van der Waals surface area contributed by atoms with Gasteiger partial charge in [0.05, 0.1) is 0 Å². The summed E-state index contributed by atoms with van der Waals surface area (Å²) in [5, 5.41) is 13.1. The van der Waals surface area contributed by atoms with Crippen LogP contribution in [0.25, 0.3) is 0 Å². The van der Waals surface area contributed by atoms with Crippen LogP contribution in [0.5, 0.6) is 0 Å². The van der Waals surface area contributed by atoms with Gasteiger partial charge in [-0.15, -0.1) is 0 Å². The highest BCUT2D eigenvalue weighted by Gasteiger charge is 2.31. The number of hydrogen-bond donors (Lipinski definition) is 2. The van der Waals surface area contributed by atoms with Gasteiger partial charge in [0.25, 0.3) is 5.91 Å². The molecule has 100 valence electrons. The Bertz CT molecular complexity index is 540. The molecule has 0 aromatic heterocycles. The highest BCUT2D eigenvalue weighted by molar-refractivity contribution is 7.81. The summed E-state index contributed by atoms with van der Waals surface area (Å²) < 4.78 is 0. The SMILES string of the molecule is CC1CN(C)C(=O)C(C(=S)Nc2ccccc2)=C1O. The number of nitrogens with one attached hydrogen (secondary N) is 1. The second-order valence-corrected chi connectivity index (χ2v) is 5.08. The Labute approximate surface area is 117 Å². The fraction of sp³-hybridized carbons (Fsp3) is 0.286.